The molecule has 0 aliphatic heterocycles. The number of aryl methyl sites for hydroxylation is 1. The Kier molecular flexibility index (Phi) is 8.54. The highest BCUT2D eigenvalue weighted by molar-refractivity contribution is 8.08. The molecule has 0 heterocycles. The smallest absolute Gasteiger partial charge is 0.465 e. The predicted octanol–water partition coefficient (Wildman–Crippen LogP) is 6.19. The van der Waals surface area contributed by atoms with Gasteiger partial charge in [0.25, 0.3) is 10.0 Å². The number of hydrogen-bond donors (Lipinski definition) is 0. The van der Waals surface area contributed by atoms with Crippen molar-refractivity contribution in [3.05, 3.63) is 77.9 Å². The van der Waals surface area contributed by atoms with Crippen molar-refractivity contribution in [1.29, 1.82) is 0 Å². The third-order valence-electron chi connectivity index (χ3n) is 4.76. The van der Waals surface area contributed by atoms with Gasteiger partial charge < -0.3 is 14.2 Å². The molecule has 3 aromatic rings. The average Bonchev–Trinajstić information content (AvgIpc) is 2.83. The second-order valence-corrected chi connectivity index (χ2v) is 10.5. The van der Waals surface area contributed by atoms with Gasteiger partial charge in [-0.3, -0.25) is 0 Å². The van der Waals surface area contributed by atoms with E-state index in [9.17, 15) is 26.4 Å². The molecule has 0 atom stereocenters. The number of carbonyl (C=O) groups excluding carboxylic acids is 1. The Balaban J connectivity index is 1.72. The van der Waals surface area contributed by atoms with Crippen molar-refractivity contribution in [1.82, 2.24) is 3.71 Å². The molecule has 0 aliphatic rings. The summed E-state index contributed by atoms with van der Waals surface area (Å²) in [5.41, 5.74) is 0.758. The van der Waals surface area contributed by atoms with Gasteiger partial charge in [0.05, 0.1) is 17.6 Å². The number of methoxy groups -OCH3 is 1. The van der Waals surface area contributed by atoms with Crippen LogP contribution >= 0.6 is 11.9 Å². The zero-order valence-corrected chi connectivity index (χ0v) is 21.0. The van der Waals surface area contributed by atoms with E-state index in [0.29, 0.717) is 22.0 Å². The van der Waals surface area contributed by atoms with Crippen LogP contribution in [0, 0.1) is 6.92 Å². The van der Waals surface area contributed by atoms with Crippen LogP contribution in [0.3, 0.4) is 0 Å². The number of ether oxygens (including phenoxy) is 3. The summed E-state index contributed by atoms with van der Waals surface area (Å²) in [5, 5.41) is 0. The predicted molar refractivity (Wildman–Crippen MR) is 128 cm³/mol. The summed E-state index contributed by atoms with van der Waals surface area (Å²) in [6.07, 6.45) is -4.78. The minimum absolute atomic E-state index is 0.0410. The molecule has 0 saturated carbocycles. The summed E-state index contributed by atoms with van der Waals surface area (Å²) in [4.78, 5) is 12.5. The maximum absolute atomic E-state index is 13.2. The van der Waals surface area contributed by atoms with Gasteiger partial charge in [-0.2, -0.15) is 0 Å². The summed E-state index contributed by atoms with van der Waals surface area (Å²) in [6.45, 7) is 3.52. The zero-order valence-electron chi connectivity index (χ0n) is 19.4. The van der Waals surface area contributed by atoms with Crippen molar-refractivity contribution in [2.24, 2.45) is 0 Å². The van der Waals surface area contributed by atoms with Crippen LogP contribution in [0.1, 0.15) is 22.8 Å². The Hall–Kier alpha value is -3.22. The monoisotopic (exact) mass is 541 g/mol. The molecule has 0 bridgehead atoms. The van der Waals surface area contributed by atoms with Gasteiger partial charge in [0.15, 0.2) is 0 Å². The Morgan fingerprint density at radius 1 is 0.944 bits per heavy atom. The lowest BCUT2D eigenvalue weighted by Crippen LogP contribution is -2.24. The van der Waals surface area contributed by atoms with Crippen LogP contribution in [0.15, 0.2) is 76.5 Å². The molecule has 192 valence electrons. The van der Waals surface area contributed by atoms with E-state index in [0.717, 1.165) is 24.1 Å². The van der Waals surface area contributed by atoms with Crippen molar-refractivity contribution in [3.63, 3.8) is 0 Å². The summed E-state index contributed by atoms with van der Waals surface area (Å²) in [5.74, 6) is -0.299. The fourth-order valence-electron chi connectivity index (χ4n) is 3.02. The van der Waals surface area contributed by atoms with Crippen LogP contribution in [0.5, 0.6) is 17.2 Å². The maximum Gasteiger partial charge on any atom is 0.573 e. The molecule has 36 heavy (non-hydrogen) atoms. The molecule has 0 unspecified atom stereocenters. The molecule has 0 saturated heterocycles. The second kappa shape index (κ2) is 11.2. The first-order valence-electron chi connectivity index (χ1n) is 10.5. The molecule has 0 radical (unpaired) electrons. The summed E-state index contributed by atoms with van der Waals surface area (Å²) < 4.78 is 78.6. The quantitative estimate of drug-likeness (QED) is 0.236. The molecule has 0 spiro atoms. The van der Waals surface area contributed by atoms with Crippen molar-refractivity contribution >= 4 is 27.9 Å². The summed E-state index contributed by atoms with van der Waals surface area (Å²) in [7, 11) is -2.72. The Morgan fingerprint density at radius 2 is 1.50 bits per heavy atom. The highest BCUT2D eigenvalue weighted by atomic mass is 32.3. The normalized spacial score (nSPS) is 11.9. The minimum Gasteiger partial charge on any atom is -0.465 e. The van der Waals surface area contributed by atoms with Crippen molar-refractivity contribution in [3.8, 4) is 17.2 Å². The molecule has 0 amide bonds. The number of hydrogen-bond acceptors (Lipinski definition) is 7. The third-order valence-corrected chi connectivity index (χ3v) is 8.16. The fourth-order valence-corrected chi connectivity index (χ4v) is 5.64. The molecule has 12 heteroatoms. The van der Waals surface area contributed by atoms with E-state index in [1.54, 1.807) is 44.2 Å². The number of carbonyl (C=O) groups is 1. The molecular weight excluding hydrogens is 519 g/mol. The van der Waals surface area contributed by atoms with E-state index in [4.69, 9.17) is 9.47 Å². The van der Waals surface area contributed by atoms with Crippen LogP contribution in [0.25, 0.3) is 0 Å². The molecule has 0 fully saturated rings. The Labute approximate surface area is 211 Å². The van der Waals surface area contributed by atoms with Crippen LogP contribution in [-0.2, 0) is 14.8 Å². The van der Waals surface area contributed by atoms with Crippen LogP contribution < -0.4 is 9.47 Å². The largest absolute Gasteiger partial charge is 0.573 e. The van der Waals surface area contributed by atoms with Gasteiger partial charge in [0.1, 0.15) is 17.2 Å². The first kappa shape index (κ1) is 27.4. The fraction of sp³-hybridized carbons (Fsp3) is 0.208. The number of benzene rings is 3. The third kappa shape index (κ3) is 6.93. The Morgan fingerprint density at radius 3 is 2.03 bits per heavy atom. The second-order valence-electron chi connectivity index (χ2n) is 7.28. The average molecular weight is 542 g/mol. The minimum atomic E-state index is -4.78. The van der Waals surface area contributed by atoms with Gasteiger partial charge in [0.2, 0.25) is 0 Å². The highest BCUT2D eigenvalue weighted by Gasteiger charge is 2.31. The number of nitrogens with zero attached hydrogens (tertiary/aromatic N) is 1. The van der Waals surface area contributed by atoms with E-state index in [2.05, 4.69) is 4.74 Å². The van der Waals surface area contributed by atoms with Gasteiger partial charge in [-0.1, -0.05) is 13.0 Å². The van der Waals surface area contributed by atoms with Gasteiger partial charge in [-0.25, -0.2) is 13.2 Å². The molecule has 7 nitrogen and oxygen atoms in total. The number of rotatable bonds is 9. The highest BCUT2D eigenvalue weighted by Crippen LogP contribution is 2.32. The van der Waals surface area contributed by atoms with E-state index in [-0.39, 0.29) is 22.8 Å². The lowest BCUT2D eigenvalue weighted by atomic mass is 10.1. The van der Waals surface area contributed by atoms with Gasteiger partial charge in [0, 0.05) is 11.4 Å². The van der Waals surface area contributed by atoms with Crippen molar-refractivity contribution in [2.45, 2.75) is 30.0 Å². The molecule has 0 N–H and O–H groups in total. The van der Waals surface area contributed by atoms with Crippen molar-refractivity contribution in [2.75, 3.05) is 13.7 Å². The van der Waals surface area contributed by atoms with E-state index in [1.807, 2.05) is 0 Å². The first-order valence-corrected chi connectivity index (χ1v) is 12.7. The summed E-state index contributed by atoms with van der Waals surface area (Å²) in [6, 6.07) is 15.7. The SMILES string of the molecule is CCN(Sc1ccc(Oc2ccc(OC(F)(F)F)cc2)cc1)S(=O)(=O)c1ccc(C)c(C(=O)OC)c1. The van der Waals surface area contributed by atoms with E-state index in [1.165, 1.54) is 35.1 Å². The van der Waals surface area contributed by atoms with Gasteiger partial charge in [-0.15, -0.1) is 16.9 Å². The molecule has 0 aromatic heterocycles. The van der Waals surface area contributed by atoms with Crippen LogP contribution in [0.2, 0.25) is 0 Å². The van der Waals surface area contributed by atoms with Crippen molar-refractivity contribution < 1.29 is 40.6 Å². The van der Waals surface area contributed by atoms with E-state index < -0.39 is 22.4 Å². The number of halogens is 3. The Bertz CT molecular complexity index is 1310. The standard InChI is InChI=1S/C24H22F3NO6S2/c1-4-28(36(30,31)21-14-5-16(2)22(15-21)23(29)32-3)35-20-12-10-18(11-13-20)33-17-6-8-19(9-7-17)34-24(25,26)27/h5-15H,4H2,1-3H3. The van der Waals surface area contributed by atoms with Gasteiger partial charge >= 0.3 is 12.3 Å². The first-order chi connectivity index (χ1) is 16.9. The van der Waals surface area contributed by atoms with Gasteiger partial charge in [-0.05, 0) is 85.1 Å². The molecule has 3 rings (SSSR count). The number of sulfonamides is 1. The molecular formula is C24H22F3NO6S2. The maximum atomic E-state index is 13.2. The topological polar surface area (TPSA) is 82.1 Å². The lowest BCUT2D eigenvalue weighted by Gasteiger charge is -2.20. The van der Waals surface area contributed by atoms with Crippen LogP contribution in [0.4, 0.5) is 13.2 Å². The summed E-state index contributed by atoms with van der Waals surface area (Å²) >= 11 is 0.987. The zero-order chi connectivity index (χ0) is 26.5. The van der Waals surface area contributed by atoms with E-state index >= 15 is 0 Å². The van der Waals surface area contributed by atoms with Crippen LogP contribution in [-0.4, -0.2) is 38.1 Å². The molecule has 0 aliphatic carbocycles. The lowest BCUT2D eigenvalue weighted by molar-refractivity contribution is -0.274. The number of alkyl halides is 3. The number of esters is 1. The molecule has 3 aromatic carbocycles.